The second kappa shape index (κ2) is 11.0. The van der Waals surface area contributed by atoms with Gasteiger partial charge in [-0.15, -0.1) is 24.0 Å². The lowest BCUT2D eigenvalue weighted by atomic mass is 10.1. The average Bonchev–Trinajstić information content (AvgIpc) is 3.20. The van der Waals surface area contributed by atoms with Gasteiger partial charge in [0, 0.05) is 38.8 Å². The van der Waals surface area contributed by atoms with Gasteiger partial charge in [-0.2, -0.15) is 4.31 Å². The smallest absolute Gasteiger partial charge is 0.220 e. The summed E-state index contributed by atoms with van der Waals surface area (Å²) < 4.78 is 44.8. The molecule has 1 N–H and O–H groups in total. The summed E-state index contributed by atoms with van der Waals surface area (Å²) in [5.41, 5.74) is 1.92. The van der Waals surface area contributed by atoms with Crippen LogP contribution in [0.2, 0.25) is 0 Å². The van der Waals surface area contributed by atoms with Crippen molar-refractivity contribution in [3.63, 3.8) is 0 Å². The number of sulfonamides is 1. The van der Waals surface area contributed by atoms with Gasteiger partial charge in [0.15, 0.2) is 5.96 Å². The van der Waals surface area contributed by atoms with Crippen molar-refractivity contribution in [1.29, 1.82) is 0 Å². The second-order valence-electron chi connectivity index (χ2n) is 6.89. The number of rotatable bonds is 6. The monoisotopic (exact) mass is 551 g/mol. The molecule has 166 valence electrons. The molecule has 0 spiro atoms. The van der Waals surface area contributed by atoms with E-state index in [0.29, 0.717) is 50.5 Å². The minimum absolute atomic E-state index is 0. The molecule has 0 radical (unpaired) electrons. The Balaban J connectivity index is 0.00000320. The van der Waals surface area contributed by atoms with Crippen molar-refractivity contribution in [2.75, 3.05) is 32.7 Å². The maximum absolute atomic E-state index is 13.4. The van der Waals surface area contributed by atoms with E-state index in [9.17, 15) is 12.8 Å². The Hall–Kier alpha value is -1.73. The summed E-state index contributed by atoms with van der Waals surface area (Å²) >= 11 is 0. The van der Waals surface area contributed by atoms with Crippen molar-refractivity contribution in [3.05, 3.63) is 53.2 Å². The molecule has 8 nitrogen and oxygen atoms in total. The third-order valence-corrected chi connectivity index (χ3v) is 6.53. The van der Waals surface area contributed by atoms with Gasteiger partial charge in [-0.1, -0.05) is 17.3 Å². The van der Waals surface area contributed by atoms with E-state index in [1.54, 1.807) is 25.1 Å². The van der Waals surface area contributed by atoms with Gasteiger partial charge < -0.3 is 14.7 Å². The molecule has 30 heavy (non-hydrogen) atoms. The van der Waals surface area contributed by atoms with Gasteiger partial charge >= 0.3 is 0 Å². The fourth-order valence-electron chi connectivity index (χ4n) is 3.17. The minimum atomic E-state index is -3.44. The molecule has 1 aromatic carbocycles. The summed E-state index contributed by atoms with van der Waals surface area (Å²) in [6, 6.07) is 6.52. The van der Waals surface area contributed by atoms with Crippen LogP contribution in [0.25, 0.3) is 0 Å². The lowest BCUT2D eigenvalue weighted by molar-refractivity contribution is 0.259. The number of aryl methyl sites for hydroxylation is 1. The molecule has 0 unspecified atom stereocenters. The highest BCUT2D eigenvalue weighted by Crippen LogP contribution is 2.14. The number of piperazine rings is 1. The minimum Gasteiger partial charge on any atom is -0.364 e. The molecule has 11 heteroatoms. The van der Waals surface area contributed by atoms with Crippen LogP contribution in [0.5, 0.6) is 0 Å². The summed E-state index contributed by atoms with van der Waals surface area (Å²) in [4.78, 5) is 6.69. The summed E-state index contributed by atoms with van der Waals surface area (Å²) in [5.74, 6) is 0.331. The maximum Gasteiger partial charge on any atom is 0.220 e. The summed E-state index contributed by atoms with van der Waals surface area (Å²) in [6.45, 7) is 6.65. The van der Waals surface area contributed by atoms with E-state index in [1.165, 1.54) is 16.6 Å². The van der Waals surface area contributed by atoms with E-state index in [-0.39, 0.29) is 35.5 Å². The molecular formula is C19H27FIN5O3S. The Morgan fingerprint density at radius 2 is 2.00 bits per heavy atom. The topological polar surface area (TPSA) is 91.0 Å². The third-order valence-electron chi connectivity index (χ3n) is 4.72. The number of hydrogen-bond acceptors (Lipinski definition) is 5. The third kappa shape index (κ3) is 6.38. The Bertz CT molecular complexity index is 945. The second-order valence-corrected chi connectivity index (χ2v) is 8.86. The Morgan fingerprint density at radius 1 is 1.27 bits per heavy atom. The van der Waals surface area contributed by atoms with Crippen LogP contribution in [0.4, 0.5) is 4.39 Å². The average molecular weight is 551 g/mol. The zero-order chi connectivity index (χ0) is 20.9. The lowest BCUT2D eigenvalue weighted by Crippen LogP contribution is -2.53. The number of nitrogens with zero attached hydrogens (tertiary/aromatic N) is 4. The van der Waals surface area contributed by atoms with E-state index in [0.717, 1.165) is 11.5 Å². The molecule has 2 heterocycles. The van der Waals surface area contributed by atoms with Gasteiger partial charge in [-0.3, -0.25) is 0 Å². The molecule has 3 rings (SSSR count). The van der Waals surface area contributed by atoms with E-state index < -0.39 is 10.0 Å². The van der Waals surface area contributed by atoms with Gasteiger partial charge in [-0.05, 0) is 31.0 Å². The molecule has 0 bridgehead atoms. The fourth-order valence-corrected chi connectivity index (χ4v) is 4.59. The van der Waals surface area contributed by atoms with Gasteiger partial charge in [0.25, 0.3) is 0 Å². The first-order chi connectivity index (χ1) is 13.9. The highest BCUT2D eigenvalue weighted by Gasteiger charge is 2.29. The number of nitrogens with one attached hydrogen (secondary N) is 1. The molecule has 1 fully saturated rings. The number of hydrogen-bond donors (Lipinski definition) is 1. The van der Waals surface area contributed by atoms with Crippen LogP contribution in [0.15, 0.2) is 40.0 Å². The van der Waals surface area contributed by atoms with Crippen LogP contribution in [-0.4, -0.2) is 61.5 Å². The summed E-state index contributed by atoms with van der Waals surface area (Å²) in [7, 11) is -3.44. The first-order valence-corrected chi connectivity index (χ1v) is 11.2. The van der Waals surface area contributed by atoms with Crippen LogP contribution in [0, 0.1) is 12.7 Å². The molecule has 1 aromatic heterocycles. The molecular weight excluding hydrogens is 524 g/mol. The predicted molar refractivity (Wildman–Crippen MR) is 124 cm³/mol. The zero-order valence-electron chi connectivity index (χ0n) is 17.0. The van der Waals surface area contributed by atoms with Gasteiger partial charge in [0.2, 0.25) is 10.0 Å². The van der Waals surface area contributed by atoms with Crippen molar-refractivity contribution in [2.45, 2.75) is 26.1 Å². The first kappa shape index (κ1) is 24.5. The number of aromatic nitrogens is 1. The van der Waals surface area contributed by atoms with Crippen molar-refractivity contribution in [2.24, 2.45) is 4.99 Å². The van der Waals surface area contributed by atoms with Gasteiger partial charge in [0.05, 0.1) is 12.2 Å². The van der Waals surface area contributed by atoms with Crippen LogP contribution in [-0.2, 0) is 22.3 Å². The molecule has 1 saturated heterocycles. The maximum atomic E-state index is 13.4. The SMILES string of the molecule is CCNC(=NCc1ccc(F)c(C)c1)N1CCN(S(=O)(=O)Cc2ccon2)CC1.I. The zero-order valence-corrected chi connectivity index (χ0v) is 20.2. The van der Waals surface area contributed by atoms with E-state index in [4.69, 9.17) is 4.52 Å². The predicted octanol–water partition coefficient (Wildman–Crippen LogP) is 2.35. The van der Waals surface area contributed by atoms with Crippen LogP contribution >= 0.6 is 24.0 Å². The van der Waals surface area contributed by atoms with Crippen molar-refractivity contribution in [3.8, 4) is 0 Å². The number of aliphatic imine (C=N–C) groups is 1. The number of guanidine groups is 1. The highest BCUT2D eigenvalue weighted by molar-refractivity contribution is 14.0. The van der Waals surface area contributed by atoms with Crippen LogP contribution < -0.4 is 5.32 Å². The molecule has 0 atom stereocenters. The van der Waals surface area contributed by atoms with E-state index in [2.05, 4.69) is 15.5 Å². The lowest BCUT2D eigenvalue weighted by Gasteiger charge is -2.35. The van der Waals surface area contributed by atoms with Gasteiger partial charge in [-0.25, -0.2) is 17.8 Å². The van der Waals surface area contributed by atoms with E-state index in [1.807, 2.05) is 11.8 Å². The molecule has 0 aliphatic carbocycles. The Labute approximate surface area is 193 Å². The largest absolute Gasteiger partial charge is 0.364 e. The van der Waals surface area contributed by atoms with Crippen molar-refractivity contribution in [1.82, 2.24) is 19.7 Å². The summed E-state index contributed by atoms with van der Waals surface area (Å²) in [5, 5.41) is 6.93. The molecule has 1 aliphatic heterocycles. The van der Waals surface area contributed by atoms with Crippen molar-refractivity contribution < 1.29 is 17.3 Å². The molecule has 1 aliphatic rings. The fraction of sp³-hybridized carbons (Fsp3) is 0.474. The van der Waals surface area contributed by atoms with Crippen LogP contribution in [0.1, 0.15) is 23.7 Å². The Kier molecular flexibility index (Phi) is 9.04. The molecule has 2 aromatic rings. The van der Waals surface area contributed by atoms with Crippen LogP contribution in [0.3, 0.4) is 0 Å². The number of halogens is 2. The summed E-state index contributed by atoms with van der Waals surface area (Å²) in [6.07, 6.45) is 1.37. The standard InChI is InChI=1S/C19H26FN5O3S.HI/c1-3-21-19(22-13-16-4-5-18(20)15(2)12-16)24-7-9-25(10-8-24)29(26,27)14-17-6-11-28-23-17;/h4-6,11-12H,3,7-10,13-14H2,1-2H3,(H,21,22);1H. The Morgan fingerprint density at radius 3 is 2.60 bits per heavy atom. The van der Waals surface area contributed by atoms with Crippen molar-refractivity contribution >= 4 is 40.0 Å². The first-order valence-electron chi connectivity index (χ1n) is 9.54. The molecule has 0 amide bonds. The quantitative estimate of drug-likeness (QED) is 0.337. The highest BCUT2D eigenvalue weighted by atomic mass is 127. The van der Waals surface area contributed by atoms with Gasteiger partial charge in [0.1, 0.15) is 17.8 Å². The normalized spacial score (nSPS) is 15.7. The van der Waals surface area contributed by atoms with E-state index >= 15 is 0 Å². The number of benzene rings is 1. The molecule has 0 saturated carbocycles.